The summed E-state index contributed by atoms with van der Waals surface area (Å²) < 4.78 is 11.7. The minimum absolute atomic E-state index is 0.0732. The Hall–Kier alpha value is -2.60. The first kappa shape index (κ1) is 17.5. The summed E-state index contributed by atoms with van der Waals surface area (Å²) in [5, 5.41) is 0. The molecular formula is C22H25N3O3. The van der Waals surface area contributed by atoms with Crippen LogP contribution in [0.4, 0.5) is 5.82 Å². The average molecular weight is 379 g/mol. The lowest BCUT2D eigenvalue weighted by Gasteiger charge is -2.34. The topological polar surface area (TPSA) is 54.9 Å². The van der Waals surface area contributed by atoms with E-state index in [0.29, 0.717) is 19.8 Å². The van der Waals surface area contributed by atoms with Crippen molar-refractivity contribution in [2.24, 2.45) is 0 Å². The molecule has 5 rings (SSSR count). The van der Waals surface area contributed by atoms with E-state index in [9.17, 15) is 4.79 Å². The van der Waals surface area contributed by atoms with Gasteiger partial charge in [0.15, 0.2) is 0 Å². The second kappa shape index (κ2) is 6.78. The zero-order chi connectivity index (χ0) is 19.3. The van der Waals surface area contributed by atoms with Crippen molar-refractivity contribution in [1.29, 1.82) is 0 Å². The highest BCUT2D eigenvalue weighted by atomic mass is 16.5. The van der Waals surface area contributed by atoms with Crippen LogP contribution in [0.2, 0.25) is 0 Å². The molecule has 1 amide bonds. The van der Waals surface area contributed by atoms with Gasteiger partial charge in [-0.15, -0.1) is 0 Å². The molecule has 4 heterocycles. The quantitative estimate of drug-likeness (QED) is 0.820. The fourth-order valence-corrected chi connectivity index (χ4v) is 4.37. The van der Waals surface area contributed by atoms with Crippen LogP contribution in [0.5, 0.6) is 5.75 Å². The molecule has 6 nitrogen and oxygen atoms in total. The van der Waals surface area contributed by atoms with Gasteiger partial charge in [-0.3, -0.25) is 4.79 Å². The highest BCUT2D eigenvalue weighted by molar-refractivity contribution is 5.98. The third-order valence-corrected chi connectivity index (χ3v) is 5.97. The second-order valence-electron chi connectivity index (χ2n) is 8.01. The molecule has 0 spiro atoms. The van der Waals surface area contributed by atoms with Crippen LogP contribution < -0.4 is 9.64 Å². The fourth-order valence-electron chi connectivity index (χ4n) is 4.37. The predicted molar refractivity (Wildman–Crippen MR) is 106 cm³/mol. The zero-order valence-electron chi connectivity index (χ0n) is 16.4. The number of hydrogen-bond donors (Lipinski definition) is 0. The Bertz CT molecular complexity index is 935. The van der Waals surface area contributed by atoms with Crippen molar-refractivity contribution in [1.82, 2.24) is 9.88 Å². The van der Waals surface area contributed by atoms with E-state index in [0.717, 1.165) is 54.3 Å². The molecule has 1 fully saturated rings. The van der Waals surface area contributed by atoms with Gasteiger partial charge in [0.1, 0.15) is 17.7 Å². The number of fused-ring (bicyclic) bond motifs is 2. The Morgan fingerprint density at radius 3 is 2.75 bits per heavy atom. The van der Waals surface area contributed by atoms with Crippen LogP contribution in [0.1, 0.15) is 45.6 Å². The molecule has 1 saturated heterocycles. The summed E-state index contributed by atoms with van der Waals surface area (Å²) in [7, 11) is 1.83. The number of aryl methyl sites for hydroxylation is 1. The number of anilines is 1. The van der Waals surface area contributed by atoms with E-state index >= 15 is 0 Å². The number of carbonyl (C=O) groups excluding carboxylic acids is 1. The van der Waals surface area contributed by atoms with Crippen molar-refractivity contribution in [2.75, 3.05) is 25.0 Å². The molecule has 28 heavy (non-hydrogen) atoms. The van der Waals surface area contributed by atoms with Crippen LogP contribution in [0.3, 0.4) is 0 Å². The van der Waals surface area contributed by atoms with E-state index in [4.69, 9.17) is 14.5 Å². The number of aromatic nitrogens is 1. The van der Waals surface area contributed by atoms with Crippen LogP contribution in [0, 0.1) is 6.92 Å². The smallest absolute Gasteiger partial charge is 0.255 e. The standard InChI is InChI=1S/C22H25N3O3/c1-14-9-19-20(11-24(2)22(19)26)23-21(14)25-7-5-17(6-8-25)28-18-4-3-15-12-27-13-16(15)10-18/h3-4,9-10,17H,5-8,11-13H2,1-2H3. The van der Waals surface area contributed by atoms with Crippen LogP contribution >= 0.6 is 0 Å². The number of rotatable bonds is 3. The first-order valence-corrected chi connectivity index (χ1v) is 9.95. The number of piperidine rings is 1. The summed E-state index contributed by atoms with van der Waals surface area (Å²) in [6.45, 7) is 5.87. The molecule has 2 aromatic rings. The van der Waals surface area contributed by atoms with E-state index in [-0.39, 0.29) is 12.0 Å². The monoisotopic (exact) mass is 379 g/mol. The maximum absolute atomic E-state index is 12.2. The lowest BCUT2D eigenvalue weighted by atomic mass is 10.1. The highest BCUT2D eigenvalue weighted by Crippen LogP contribution is 2.30. The molecule has 0 N–H and O–H groups in total. The van der Waals surface area contributed by atoms with E-state index in [1.54, 1.807) is 4.90 Å². The van der Waals surface area contributed by atoms with Gasteiger partial charge in [0.05, 0.1) is 31.0 Å². The van der Waals surface area contributed by atoms with Crippen molar-refractivity contribution >= 4 is 11.7 Å². The first-order chi connectivity index (χ1) is 13.6. The lowest BCUT2D eigenvalue weighted by molar-refractivity contribution is 0.0816. The average Bonchev–Trinajstić information content (AvgIpc) is 3.27. The van der Waals surface area contributed by atoms with Gasteiger partial charge in [-0.2, -0.15) is 0 Å². The molecule has 6 heteroatoms. The van der Waals surface area contributed by atoms with Crippen LogP contribution in [0.15, 0.2) is 24.3 Å². The summed E-state index contributed by atoms with van der Waals surface area (Å²) in [5.74, 6) is 2.02. The van der Waals surface area contributed by atoms with Crippen molar-refractivity contribution in [3.8, 4) is 5.75 Å². The molecule has 0 unspecified atom stereocenters. The summed E-state index contributed by atoms with van der Waals surface area (Å²) in [5.41, 5.74) is 5.23. The number of hydrogen-bond acceptors (Lipinski definition) is 5. The number of amides is 1. The maximum Gasteiger partial charge on any atom is 0.255 e. The van der Waals surface area contributed by atoms with Crippen LogP contribution in [-0.2, 0) is 24.5 Å². The van der Waals surface area contributed by atoms with Crippen molar-refractivity contribution in [3.63, 3.8) is 0 Å². The van der Waals surface area contributed by atoms with Crippen molar-refractivity contribution in [2.45, 2.75) is 45.6 Å². The second-order valence-corrected chi connectivity index (χ2v) is 8.01. The summed E-state index contributed by atoms with van der Waals surface area (Å²) in [4.78, 5) is 21.1. The zero-order valence-corrected chi connectivity index (χ0v) is 16.4. The molecule has 0 aliphatic carbocycles. The van der Waals surface area contributed by atoms with Gasteiger partial charge in [0.25, 0.3) is 5.91 Å². The van der Waals surface area contributed by atoms with Crippen molar-refractivity contribution < 1.29 is 14.3 Å². The summed E-state index contributed by atoms with van der Waals surface area (Å²) >= 11 is 0. The Balaban J connectivity index is 1.25. The van der Waals surface area contributed by atoms with Gasteiger partial charge in [0.2, 0.25) is 0 Å². The number of carbonyl (C=O) groups is 1. The normalized spacial score (nSPS) is 19.1. The SMILES string of the molecule is Cc1cc2c(nc1N1CCC(Oc3ccc4c(c3)COC4)CC1)CN(C)C2=O. The van der Waals surface area contributed by atoms with Gasteiger partial charge >= 0.3 is 0 Å². The van der Waals surface area contributed by atoms with E-state index in [1.807, 2.05) is 20.0 Å². The largest absolute Gasteiger partial charge is 0.490 e. The fraction of sp³-hybridized carbons (Fsp3) is 0.455. The van der Waals surface area contributed by atoms with E-state index < -0.39 is 0 Å². The number of nitrogens with zero attached hydrogens (tertiary/aromatic N) is 3. The van der Waals surface area contributed by atoms with Gasteiger partial charge in [-0.25, -0.2) is 4.98 Å². The molecular weight excluding hydrogens is 354 g/mol. The van der Waals surface area contributed by atoms with Crippen LogP contribution in [0.25, 0.3) is 0 Å². The molecule has 3 aliphatic rings. The third kappa shape index (κ3) is 3.02. The maximum atomic E-state index is 12.2. The summed E-state index contributed by atoms with van der Waals surface area (Å²) in [6, 6.07) is 8.29. The predicted octanol–water partition coefficient (Wildman–Crippen LogP) is 3.05. The number of ether oxygens (including phenoxy) is 2. The molecule has 0 atom stereocenters. The molecule has 0 radical (unpaired) electrons. The Morgan fingerprint density at radius 2 is 1.93 bits per heavy atom. The minimum atomic E-state index is 0.0732. The molecule has 0 saturated carbocycles. The summed E-state index contributed by atoms with van der Waals surface area (Å²) in [6.07, 6.45) is 2.15. The Labute approximate surface area is 165 Å². The molecule has 146 valence electrons. The van der Waals surface area contributed by atoms with Gasteiger partial charge in [-0.1, -0.05) is 6.07 Å². The van der Waals surface area contributed by atoms with Crippen molar-refractivity contribution in [3.05, 3.63) is 52.2 Å². The number of benzene rings is 1. The molecule has 1 aromatic heterocycles. The Morgan fingerprint density at radius 1 is 1.14 bits per heavy atom. The van der Waals surface area contributed by atoms with Gasteiger partial charge < -0.3 is 19.3 Å². The van der Waals surface area contributed by atoms with Gasteiger partial charge in [0, 0.05) is 33.0 Å². The third-order valence-electron chi connectivity index (χ3n) is 5.97. The molecule has 3 aliphatic heterocycles. The first-order valence-electron chi connectivity index (χ1n) is 9.95. The minimum Gasteiger partial charge on any atom is -0.490 e. The molecule has 1 aromatic carbocycles. The van der Waals surface area contributed by atoms with Gasteiger partial charge in [-0.05, 0) is 41.8 Å². The Kier molecular flexibility index (Phi) is 4.23. The molecule has 0 bridgehead atoms. The van der Waals surface area contributed by atoms with E-state index in [1.165, 1.54) is 11.1 Å². The number of pyridine rings is 1. The van der Waals surface area contributed by atoms with E-state index in [2.05, 4.69) is 23.1 Å². The van der Waals surface area contributed by atoms with Crippen LogP contribution in [-0.4, -0.2) is 42.0 Å². The lowest BCUT2D eigenvalue weighted by Crippen LogP contribution is -2.39. The highest BCUT2D eigenvalue weighted by Gasteiger charge is 2.29.